The van der Waals surface area contributed by atoms with Crippen LogP contribution in [0.2, 0.25) is 0 Å². The van der Waals surface area contributed by atoms with E-state index in [1.165, 1.54) is 9.13 Å². The van der Waals surface area contributed by atoms with Gasteiger partial charge in [0.25, 0.3) is 0 Å². The second kappa shape index (κ2) is 6.36. The molecule has 0 aliphatic carbocycles. The molecule has 0 spiro atoms. The molecule has 1 atom stereocenters. The average molecular weight is 412 g/mol. The average Bonchev–Trinajstić information content (AvgIpc) is 2.67. The molecule has 4 heteroatoms. The highest BCUT2D eigenvalue weighted by Crippen LogP contribution is 2.34. The third-order valence-electron chi connectivity index (χ3n) is 3.72. The maximum absolute atomic E-state index is 11.6. The number of halogens is 2. The number of carbonyl (C=O) groups is 1. The molecule has 1 aliphatic heterocycles. The zero-order chi connectivity index (χ0) is 14.8. The number of rotatable bonds is 2. The van der Waals surface area contributed by atoms with Gasteiger partial charge >= 0.3 is 0 Å². The number of carbonyl (C=O) groups excluding carboxylic acids is 1. The number of aryl methyl sites for hydroxylation is 1. The lowest BCUT2D eigenvalue weighted by molar-refractivity contribution is -0.116. The second-order valence-electron chi connectivity index (χ2n) is 5.20. The Morgan fingerprint density at radius 3 is 2.76 bits per heavy atom. The van der Waals surface area contributed by atoms with Crippen LogP contribution in [0.15, 0.2) is 42.5 Å². The molecule has 3 rings (SSSR count). The standard InChI is InChI=1S/C17H15ClINO/c18-17(13-5-1-2-6-14(13)19)12-8-9-15-11(10-12)4-3-7-16(21)20-15/h1-2,5-6,8-10,17H,3-4,7H2,(H,20,21). The van der Waals surface area contributed by atoms with Crippen molar-refractivity contribution < 1.29 is 4.79 Å². The molecule has 108 valence electrons. The van der Waals surface area contributed by atoms with Crippen molar-refractivity contribution in [3.05, 3.63) is 62.7 Å². The molecular weight excluding hydrogens is 397 g/mol. The van der Waals surface area contributed by atoms with E-state index in [4.69, 9.17) is 11.6 Å². The first kappa shape index (κ1) is 14.9. The van der Waals surface area contributed by atoms with Gasteiger partial charge in [0.15, 0.2) is 0 Å². The number of hydrogen-bond donors (Lipinski definition) is 1. The van der Waals surface area contributed by atoms with E-state index in [1.807, 2.05) is 24.3 Å². The minimum Gasteiger partial charge on any atom is -0.326 e. The second-order valence-corrected chi connectivity index (χ2v) is 6.80. The predicted molar refractivity (Wildman–Crippen MR) is 94.9 cm³/mol. The Hall–Kier alpha value is -1.07. The van der Waals surface area contributed by atoms with Gasteiger partial charge in [0, 0.05) is 15.7 Å². The molecule has 1 unspecified atom stereocenters. The molecule has 1 aliphatic rings. The summed E-state index contributed by atoms with van der Waals surface area (Å²) >= 11 is 8.97. The minimum absolute atomic E-state index is 0.0986. The smallest absolute Gasteiger partial charge is 0.224 e. The molecule has 2 nitrogen and oxygen atoms in total. The van der Waals surface area contributed by atoms with Crippen LogP contribution in [0.25, 0.3) is 0 Å². The first-order valence-corrected chi connectivity index (χ1v) is 8.48. The van der Waals surface area contributed by atoms with Crippen LogP contribution in [0, 0.1) is 3.57 Å². The summed E-state index contributed by atoms with van der Waals surface area (Å²) in [7, 11) is 0. The van der Waals surface area contributed by atoms with Gasteiger partial charge in [-0.25, -0.2) is 0 Å². The SMILES string of the molecule is O=C1CCCc2cc(C(Cl)c3ccccc3I)ccc2N1. The van der Waals surface area contributed by atoms with E-state index in [9.17, 15) is 4.79 Å². The van der Waals surface area contributed by atoms with Crippen molar-refractivity contribution in [1.82, 2.24) is 0 Å². The quantitative estimate of drug-likeness (QED) is 0.553. The molecule has 1 heterocycles. The lowest BCUT2D eigenvalue weighted by atomic mass is 9.99. The van der Waals surface area contributed by atoms with Crippen molar-refractivity contribution in [1.29, 1.82) is 0 Å². The number of nitrogens with one attached hydrogen (secondary N) is 1. The Labute approximate surface area is 143 Å². The normalized spacial score (nSPS) is 15.8. The highest BCUT2D eigenvalue weighted by Gasteiger charge is 2.17. The van der Waals surface area contributed by atoms with Gasteiger partial charge < -0.3 is 5.32 Å². The summed E-state index contributed by atoms with van der Waals surface area (Å²) in [5.41, 5.74) is 4.30. The highest BCUT2D eigenvalue weighted by atomic mass is 127. The largest absolute Gasteiger partial charge is 0.326 e. The molecule has 0 saturated heterocycles. The van der Waals surface area contributed by atoms with Crippen LogP contribution in [-0.2, 0) is 11.2 Å². The van der Waals surface area contributed by atoms with Gasteiger partial charge in [-0.3, -0.25) is 4.79 Å². The first-order chi connectivity index (χ1) is 10.1. The van der Waals surface area contributed by atoms with E-state index in [0.717, 1.165) is 29.7 Å². The Morgan fingerprint density at radius 1 is 1.14 bits per heavy atom. The van der Waals surface area contributed by atoms with Crippen LogP contribution in [0.4, 0.5) is 5.69 Å². The van der Waals surface area contributed by atoms with Crippen molar-refractivity contribution in [2.24, 2.45) is 0 Å². The van der Waals surface area contributed by atoms with Crippen LogP contribution in [-0.4, -0.2) is 5.91 Å². The Kier molecular flexibility index (Phi) is 4.50. The number of anilines is 1. The Morgan fingerprint density at radius 2 is 1.95 bits per heavy atom. The summed E-state index contributed by atoms with van der Waals surface area (Å²) in [5, 5.41) is 2.79. The third kappa shape index (κ3) is 3.24. The topological polar surface area (TPSA) is 29.1 Å². The van der Waals surface area contributed by atoms with Crippen molar-refractivity contribution in [2.45, 2.75) is 24.6 Å². The van der Waals surface area contributed by atoms with Crippen LogP contribution < -0.4 is 5.32 Å². The monoisotopic (exact) mass is 411 g/mol. The molecule has 0 saturated carbocycles. The van der Waals surface area contributed by atoms with Crippen molar-refractivity contribution >= 4 is 45.8 Å². The van der Waals surface area contributed by atoms with Gasteiger partial charge in [0.2, 0.25) is 5.91 Å². The summed E-state index contributed by atoms with van der Waals surface area (Å²) < 4.78 is 1.17. The van der Waals surface area contributed by atoms with Crippen LogP contribution in [0.5, 0.6) is 0 Å². The highest BCUT2D eigenvalue weighted by molar-refractivity contribution is 14.1. The van der Waals surface area contributed by atoms with Crippen molar-refractivity contribution in [3.63, 3.8) is 0 Å². The van der Waals surface area contributed by atoms with Crippen molar-refractivity contribution in [3.8, 4) is 0 Å². The van der Waals surface area contributed by atoms with Gasteiger partial charge in [-0.1, -0.05) is 30.3 Å². The number of alkyl halides is 1. The van der Waals surface area contributed by atoms with E-state index in [2.05, 4.69) is 46.1 Å². The summed E-state index contributed by atoms with van der Waals surface area (Å²) in [6.45, 7) is 0. The van der Waals surface area contributed by atoms with E-state index in [0.29, 0.717) is 6.42 Å². The maximum atomic E-state index is 11.6. The molecule has 2 aromatic rings. The molecule has 0 bridgehead atoms. The Balaban J connectivity index is 1.95. The zero-order valence-corrected chi connectivity index (χ0v) is 14.3. The first-order valence-electron chi connectivity index (χ1n) is 6.96. The lowest BCUT2D eigenvalue weighted by Gasteiger charge is -2.15. The van der Waals surface area contributed by atoms with E-state index in [-0.39, 0.29) is 11.3 Å². The fourth-order valence-electron chi connectivity index (χ4n) is 2.61. The third-order valence-corrected chi connectivity index (χ3v) is 5.19. The number of amides is 1. The van der Waals surface area contributed by atoms with Crippen LogP contribution in [0.1, 0.15) is 34.9 Å². The fourth-order valence-corrected chi connectivity index (χ4v) is 3.82. The molecule has 0 fully saturated rings. The summed E-state index contributed by atoms with van der Waals surface area (Å²) in [5.74, 6) is 0.0986. The fraction of sp³-hybridized carbons (Fsp3) is 0.235. The predicted octanol–water partition coefficient (Wildman–Crippen LogP) is 4.89. The molecular formula is C17H15ClINO. The van der Waals surface area contributed by atoms with Gasteiger partial charge in [-0.15, -0.1) is 11.6 Å². The van der Waals surface area contributed by atoms with Gasteiger partial charge in [0.1, 0.15) is 0 Å². The van der Waals surface area contributed by atoms with E-state index >= 15 is 0 Å². The number of fused-ring (bicyclic) bond motifs is 1. The maximum Gasteiger partial charge on any atom is 0.224 e. The summed E-state index contributed by atoms with van der Waals surface area (Å²) in [4.78, 5) is 11.6. The number of benzene rings is 2. The molecule has 21 heavy (non-hydrogen) atoms. The van der Waals surface area contributed by atoms with E-state index < -0.39 is 0 Å². The molecule has 1 amide bonds. The summed E-state index contributed by atoms with van der Waals surface area (Å²) in [6, 6.07) is 14.3. The number of hydrogen-bond acceptors (Lipinski definition) is 1. The van der Waals surface area contributed by atoms with Gasteiger partial charge in [0.05, 0.1) is 5.38 Å². The summed E-state index contributed by atoms with van der Waals surface area (Å²) in [6.07, 6.45) is 2.39. The van der Waals surface area contributed by atoms with E-state index in [1.54, 1.807) is 0 Å². The molecule has 1 N–H and O–H groups in total. The Bertz CT molecular complexity index is 686. The van der Waals surface area contributed by atoms with Gasteiger partial charge in [-0.05, 0) is 64.3 Å². The van der Waals surface area contributed by atoms with Crippen molar-refractivity contribution in [2.75, 3.05) is 5.32 Å². The zero-order valence-electron chi connectivity index (χ0n) is 11.4. The minimum atomic E-state index is -0.164. The molecule has 0 radical (unpaired) electrons. The van der Waals surface area contributed by atoms with Crippen LogP contribution in [0.3, 0.4) is 0 Å². The van der Waals surface area contributed by atoms with Gasteiger partial charge in [-0.2, -0.15) is 0 Å². The lowest BCUT2D eigenvalue weighted by Crippen LogP contribution is -2.09. The van der Waals surface area contributed by atoms with Crippen LogP contribution >= 0.6 is 34.2 Å². The molecule has 0 aromatic heterocycles. The molecule has 2 aromatic carbocycles.